The van der Waals surface area contributed by atoms with Gasteiger partial charge in [0.2, 0.25) is 5.91 Å². The predicted molar refractivity (Wildman–Crippen MR) is 94.3 cm³/mol. The van der Waals surface area contributed by atoms with Gasteiger partial charge in [0.05, 0.1) is 18.0 Å². The minimum Gasteiger partial charge on any atom is -0.463 e. The molecule has 1 aromatic rings. The van der Waals surface area contributed by atoms with Crippen LogP contribution in [0.3, 0.4) is 0 Å². The molecule has 0 spiro atoms. The molecule has 9 nitrogen and oxygen atoms in total. The van der Waals surface area contributed by atoms with Crippen molar-refractivity contribution in [1.82, 2.24) is 5.32 Å². The van der Waals surface area contributed by atoms with Crippen LogP contribution in [0, 0.1) is 17.0 Å². The van der Waals surface area contributed by atoms with Gasteiger partial charge in [-0.1, -0.05) is 6.07 Å². The molecule has 0 heterocycles. The summed E-state index contributed by atoms with van der Waals surface area (Å²) in [6.45, 7) is 2.16. The average Bonchev–Trinajstić information content (AvgIpc) is 2.55. The van der Waals surface area contributed by atoms with E-state index in [0.717, 1.165) is 5.56 Å². The minimum absolute atomic E-state index is 0.0126. The Morgan fingerprint density at radius 3 is 2.64 bits per heavy atom. The lowest BCUT2D eigenvalue weighted by Crippen LogP contribution is -2.34. The Bertz CT molecular complexity index is 665. The van der Waals surface area contributed by atoms with Crippen molar-refractivity contribution in [2.45, 2.75) is 19.8 Å². The quantitative estimate of drug-likeness (QED) is 0.233. The summed E-state index contributed by atoms with van der Waals surface area (Å²) in [5.41, 5.74) is 1.04. The molecule has 1 rings (SSSR count). The molecule has 0 bridgehead atoms. The number of methoxy groups -OCH3 is 1. The standard InChI is InChI=1S/C15H19N3O6S/c1-10-3-4-11(18(21)22)9-12(10)16-15(25)17-13(19)5-6-14(20)24-8-7-23-2/h3-4,9H,5-8H2,1-2H3,(H2,16,17,19,25). The summed E-state index contributed by atoms with van der Waals surface area (Å²) in [5.74, 6) is -0.982. The van der Waals surface area contributed by atoms with Crippen LogP contribution in [0.25, 0.3) is 0 Å². The number of rotatable bonds is 8. The lowest BCUT2D eigenvalue weighted by atomic mass is 10.2. The van der Waals surface area contributed by atoms with E-state index < -0.39 is 16.8 Å². The third kappa shape index (κ3) is 7.68. The van der Waals surface area contributed by atoms with Crippen LogP contribution in [0.4, 0.5) is 11.4 Å². The SMILES string of the molecule is COCCOC(=O)CCC(=O)NC(=S)Nc1cc([N+](=O)[O-])ccc1C. The molecule has 0 aromatic heterocycles. The average molecular weight is 369 g/mol. The number of non-ortho nitro benzene ring substituents is 1. The highest BCUT2D eigenvalue weighted by Gasteiger charge is 2.12. The van der Waals surface area contributed by atoms with Crippen molar-refractivity contribution in [2.75, 3.05) is 25.6 Å². The van der Waals surface area contributed by atoms with E-state index in [4.69, 9.17) is 21.7 Å². The molecule has 0 saturated carbocycles. The normalized spacial score (nSPS) is 10.0. The van der Waals surface area contributed by atoms with Crippen LogP contribution in [-0.2, 0) is 19.1 Å². The van der Waals surface area contributed by atoms with Crippen LogP contribution in [0.15, 0.2) is 18.2 Å². The fourth-order valence-corrected chi connectivity index (χ4v) is 1.95. The number of aryl methyl sites for hydroxylation is 1. The van der Waals surface area contributed by atoms with Gasteiger partial charge in [0.15, 0.2) is 5.11 Å². The van der Waals surface area contributed by atoms with E-state index in [0.29, 0.717) is 5.69 Å². The van der Waals surface area contributed by atoms with Gasteiger partial charge in [-0.3, -0.25) is 19.7 Å². The number of esters is 1. The molecule has 0 saturated heterocycles. The van der Waals surface area contributed by atoms with E-state index >= 15 is 0 Å². The highest BCUT2D eigenvalue weighted by Crippen LogP contribution is 2.21. The lowest BCUT2D eigenvalue weighted by Gasteiger charge is -2.11. The van der Waals surface area contributed by atoms with Crippen molar-refractivity contribution in [3.8, 4) is 0 Å². The van der Waals surface area contributed by atoms with E-state index in [1.54, 1.807) is 13.0 Å². The Balaban J connectivity index is 2.46. The van der Waals surface area contributed by atoms with E-state index in [1.807, 2.05) is 0 Å². The van der Waals surface area contributed by atoms with Gasteiger partial charge >= 0.3 is 5.97 Å². The van der Waals surface area contributed by atoms with Gasteiger partial charge in [-0.25, -0.2) is 0 Å². The van der Waals surface area contributed by atoms with Crippen LogP contribution in [0.5, 0.6) is 0 Å². The fourth-order valence-electron chi connectivity index (χ4n) is 1.73. The van der Waals surface area contributed by atoms with Crippen LogP contribution in [0.1, 0.15) is 18.4 Å². The molecular weight excluding hydrogens is 350 g/mol. The van der Waals surface area contributed by atoms with E-state index in [-0.39, 0.29) is 36.9 Å². The summed E-state index contributed by atoms with van der Waals surface area (Å²) >= 11 is 5.00. The zero-order valence-electron chi connectivity index (χ0n) is 13.9. The first-order valence-electron chi connectivity index (χ1n) is 7.34. The number of amides is 1. The number of ether oxygens (including phenoxy) is 2. The topological polar surface area (TPSA) is 120 Å². The Hall–Kier alpha value is -2.59. The number of nitrogens with one attached hydrogen (secondary N) is 2. The van der Waals surface area contributed by atoms with Crippen molar-refractivity contribution in [3.05, 3.63) is 33.9 Å². The van der Waals surface area contributed by atoms with Crippen LogP contribution < -0.4 is 10.6 Å². The molecule has 25 heavy (non-hydrogen) atoms. The van der Waals surface area contributed by atoms with Gasteiger partial charge in [-0.15, -0.1) is 0 Å². The second-order valence-electron chi connectivity index (χ2n) is 4.97. The molecule has 0 radical (unpaired) electrons. The first kappa shape index (κ1) is 20.5. The Morgan fingerprint density at radius 2 is 2.00 bits per heavy atom. The number of nitrogens with zero attached hydrogens (tertiary/aromatic N) is 1. The third-order valence-electron chi connectivity index (χ3n) is 3.04. The molecule has 0 unspecified atom stereocenters. The Morgan fingerprint density at radius 1 is 1.28 bits per heavy atom. The number of benzene rings is 1. The number of anilines is 1. The van der Waals surface area contributed by atoms with Crippen molar-refractivity contribution in [3.63, 3.8) is 0 Å². The Kier molecular flexibility index (Phi) is 8.44. The summed E-state index contributed by atoms with van der Waals surface area (Å²) in [7, 11) is 1.48. The van der Waals surface area contributed by atoms with E-state index in [2.05, 4.69) is 10.6 Å². The first-order valence-corrected chi connectivity index (χ1v) is 7.74. The number of nitro benzene ring substituents is 1. The fraction of sp³-hybridized carbons (Fsp3) is 0.400. The minimum atomic E-state index is -0.526. The van der Waals surface area contributed by atoms with Gasteiger partial charge in [-0.05, 0) is 24.7 Å². The van der Waals surface area contributed by atoms with Crippen LogP contribution >= 0.6 is 12.2 Å². The molecule has 0 fully saturated rings. The largest absolute Gasteiger partial charge is 0.463 e. The summed E-state index contributed by atoms with van der Waals surface area (Å²) in [6.07, 6.45) is -0.185. The monoisotopic (exact) mass is 369 g/mol. The molecule has 1 aromatic carbocycles. The van der Waals surface area contributed by atoms with Crippen LogP contribution in [0.2, 0.25) is 0 Å². The van der Waals surface area contributed by atoms with Crippen molar-refractivity contribution in [2.24, 2.45) is 0 Å². The van der Waals surface area contributed by atoms with Crippen molar-refractivity contribution in [1.29, 1.82) is 0 Å². The lowest BCUT2D eigenvalue weighted by molar-refractivity contribution is -0.384. The molecule has 0 aliphatic rings. The maximum Gasteiger partial charge on any atom is 0.306 e. The molecule has 0 atom stereocenters. The Labute approximate surface area is 149 Å². The summed E-state index contributed by atoms with van der Waals surface area (Å²) < 4.78 is 9.56. The summed E-state index contributed by atoms with van der Waals surface area (Å²) in [4.78, 5) is 33.4. The molecule has 2 N–H and O–H groups in total. The van der Waals surface area contributed by atoms with Gasteiger partial charge in [0, 0.05) is 31.4 Å². The molecule has 10 heteroatoms. The van der Waals surface area contributed by atoms with E-state index in [1.165, 1.54) is 19.2 Å². The maximum absolute atomic E-state index is 11.8. The highest BCUT2D eigenvalue weighted by atomic mass is 32.1. The molecule has 0 aliphatic carbocycles. The maximum atomic E-state index is 11.8. The number of thiocarbonyl (C=S) groups is 1. The number of hydrogen-bond acceptors (Lipinski definition) is 7. The van der Waals surface area contributed by atoms with Gasteiger partial charge in [0.1, 0.15) is 6.61 Å². The first-order chi connectivity index (χ1) is 11.8. The van der Waals surface area contributed by atoms with Gasteiger partial charge in [0.25, 0.3) is 5.69 Å². The highest BCUT2D eigenvalue weighted by molar-refractivity contribution is 7.80. The molecular formula is C15H19N3O6S. The van der Waals surface area contributed by atoms with Gasteiger partial charge < -0.3 is 20.1 Å². The van der Waals surface area contributed by atoms with Crippen LogP contribution in [-0.4, -0.2) is 42.2 Å². The summed E-state index contributed by atoms with van der Waals surface area (Å²) in [5, 5.41) is 15.9. The number of nitro groups is 1. The number of hydrogen-bond donors (Lipinski definition) is 2. The van der Waals surface area contributed by atoms with Gasteiger partial charge in [-0.2, -0.15) is 0 Å². The molecule has 1 amide bonds. The molecule has 136 valence electrons. The zero-order valence-corrected chi connectivity index (χ0v) is 14.7. The molecule has 0 aliphatic heterocycles. The smallest absolute Gasteiger partial charge is 0.306 e. The second-order valence-corrected chi connectivity index (χ2v) is 5.38. The predicted octanol–water partition coefficient (Wildman–Crippen LogP) is 1.69. The number of carbonyl (C=O) groups excluding carboxylic acids is 2. The third-order valence-corrected chi connectivity index (χ3v) is 3.24. The second kappa shape index (κ2) is 10.3. The number of carbonyl (C=O) groups is 2. The zero-order chi connectivity index (χ0) is 18.8. The van der Waals surface area contributed by atoms with Crippen molar-refractivity contribution < 1.29 is 24.0 Å². The summed E-state index contributed by atoms with van der Waals surface area (Å²) in [6, 6.07) is 4.26. The van der Waals surface area contributed by atoms with E-state index in [9.17, 15) is 19.7 Å². The van der Waals surface area contributed by atoms with Crippen molar-refractivity contribution >= 4 is 40.6 Å².